The topological polar surface area (TPSA) is 58.6 Å². The second-order valence-electron chi connectivity index (χ2n) is 5.32. The molecule has 0 aliphatic carbocycles. The van der Waals surface area contributed by atoms with Gasteiger partial charge in [0.2, 0.25) is 0 Å². The minimum atomic E-state index is -0.308. The van der Waals surface area contributed by atoms with Crippen LogP contribution in [0.25, 0.3) is 0 Å². The second kappa shape index (κ2) is 16.3. The van der Waals surface area contributed by atoms with E-state index in [1.807, 2.05) is 0 Å². The predicted molar refractivity (Wildman–Crippen MR) is 82.9 cm³/mol. The molecule has 0 saturated heterocycles. The summed E-state index contributed by atoms with van der Waals surface area (Å²) < 4.78 is 5.09. The zero-order valence-corrected chi connectivity index (χ0v) is 13.2. The lowest BCUT2D eigenvalue weighted by atomic mass is 10.1. The van der Waals surface area contributed by atoms with Crippen molar-refractivity contribution >= 4 is 6.09 Å². The maximum Gasteiger partial charge on any atom is 0.407 e. The number of rotatable bonds is 14. The molecule has 4 heteroatoms. The van der Waals surface area contributed by atoms with Crippen molar-refractivity contribution in [3.05, 3.63) is 0 Å². The summed E-state index contributed by atoms with van der Waals surface area (Å²) >= 11 is 0. The first-order valence-corrected chi connectivity index (χ1v) is 8.32. The Bertz CT molecular complexity index is 210. The van der Waals surface area contributed by atoms with E-state index in [4.69, 9.17) is 9.84 Å². The Hall–Kier alpha value is -0.770. The van der Waals surface area contributed by atoms with E-state index in [0.29, 0.717) is 13.2 Å². The number of hydrogen-bond donors (Lipinski definition) is 2. The lowest BCUT2D eigenvalue weighted by Crippen LogP contribution is -2.25. The summed E-state index contributed by atoms with van der Waals surface area (Å²) in [4.78, 5) is 11.3. The van der Waals surface area contributed by atoms with Crippen molar-refractivity contribution in [3.63, 3.8) is 0 Å². The summed E-state index contributed by atoms with van der Waals surface area (Å²) in [6.07, 6.45) is 12.3. The summed E-state index contributed by atoms with van der Waals surface area (Å²) in [5.41, 5.74) is 0. The first kappa shape index (κ1) is 19.2. The van der Waals surface area contributed by atoms with Crippen molar-refractivity contribution in [3.8, 4) is 0 Å². The van der Waals surface area contributed by atoms with Crippen LogP contribution >= 0.6 is 0 Å². The molecule has 0 radical (unpaired) electrons. The minimum absolute atomic E-state index is 0.225. The van der Waals surface area contributed by atoms with Crippen LogP contribution in [0.4, 0.5) is 4.79 Å². The molecule has 120 valence electrons. The highest BCUT2D eigenvalue weighted by Crippen LogP contribution is 2.08. The molecule has 0 fully saturated rings. The molecule has 0 aromatic heterocycles. The fourth-order valence-corrected chi connectivity index (χ4v) is 2.06. The third-order valence-corrected chi connectivity index (χ3v) is 3.34. The van der Waals surface area contributed by atoms with Gasteiger partial charge < -0.3 is 15.2 Å². The lowest BCUT2D eigenvalue weighted by Gasteiger charge is -2.06. The molecule has 0 unspecified atom stereocenters. The van der Waals surface area contributed by atoms with E-state index in [0.717, 1.165) is 32.1 Å². The predicted octanol–water partition coefficient (Wildman–Crippen LogP) is 4.02. The molecule has 0 aromatic rings. The van der Waals surface area contributed by atoms with Crippen LogP contribution in [-0.4, -0.2) is 31.0 Å². The monoisotopic (exact) mass is 287 g/mol. The fraction of sp³-hybridized carbons (Fsp3) is 0.938. The first-order valence-electron chi connectivity index (χ1n) is 8.32. The second-order valence-corrected chi connectivity index (χ2v) is 5.32. The van der Waals surface area contributed by atoms with Crippen LogP contribution < -0.4 is 5.32 Å². The number of hydrogen-bond acceptors (Lipinski definition) is 3. The molecule has 4 nitrogen and oxygen atoms in total. The normalized spacial score (nSPS) is 10.5. The first-order chi connectivity index (χ1) is 9.81. The van der Waals surface area contributed by atoms with E-state index in [1.54, 1.807) is 0 Å². The number of aliphatic hydroxyl groups is 1. The van der Waals surface area contributed by atoms with Gasteiger partial charge in [0.25, 0.3) is 0 Å². The standard InChI is InChI=1S/C16H33NO3/c1-2-3-4-5-6-7-8-12-15-20-16(19)17-13-10-9-11-14-18/h18H,2-15H2,1H3,(H,17,19). The third kappa shape index (κ3) is 15.3. The molecular formula is C16H33NO3. The number of aliphatic hydroxyl groups excluding tert-OH is 1. The van der Waals surface area contributed by atoms with Gasteiger partial charge in [-0.25, -0.2) is 4.79 Å². The van der Waals surface area contributed by atoms with Gasteiger partial charge in [-0.2, -0.15) is 0 Å². The van der Waals surface area contributed by atoms with Gasteiger partial charge in [-0.05, 0) is 25.7 Å². The van der Waals surface area contributed by atoms with E-state index in [2.05, 4.69) is 12.2 Å². The van der Waals surface area contributed by atoms with Gasteiger partial charge in [0, 0.05) is 13.2 Å². The number of ether oxygens (including phenoxy) is 1. The molecule has 0 spiro atoms. The van der Waals surface area contributed by atoms with Crippen LogP contribution in [0.1, 0.15) is 77.6 Å². The van der Waals surface area contributed by atoms with E-state index in [9.17, 15) is 4.79 Å². The summed E-state index contributed by atoms with van der Waals surface area (Å²) in [5.74, 6) is 0. The highest BCUT2D eigenvalue weighted by Gasteiger charge is 2.00. The number of unbranched alkanes of at least 4 members (excludes halogenated alkanes) is 9. The fourth-order valence-electron chi connectivity index (χ4n) is 2.06. The van der Waals surface area contributed by atoms with Gasteiger partial charge in [-0.15, -0.1) is 0 Å². The molecule has 0 atom stereocenters. The number of carbonyl (C=O) groups excluding carboxylic acids is 1. The molecule has 0 aromatic carbocycles. The van der Waals surface area contributed by atoms with Crippen LogP contribution in [0, 0.1) is 0 Å². The van der Waals surface area contributed by atoms with E-state index < -0.39 is 0 Å². The van der Waals surface area contributed by atoms with Crippen LogP contribution in [0.2, 0.25) is 0 Å². The summed E-state index contributed by atoms with van der Waals surface area (Å²) in [6.45, 7) is 3.62. The van der Waals surface area contributed by atoms with Gasteiger partial charge in [0.15, 0.2) is 0 Å². The van der Waals surface area contributed by atoms with Crippen molar-refractivity contribution < 1.29 is 14.6 Å². The molecule has 0 bridgehead atoms. The van der Waals surface area contributed by atoms with E-state index in [1.165, 1.54) is 38.5 Å². The zero-order valence-electron chi connectivity index (χ0n) is 13.2. The van der Waals surface area contributed by atoms with Crippen molar-refractivity contribution in [2.45, 2.75) is 77.6 Å². The molecule has 1 amide bonds. The Morgan fingerprint density at radius 1 is 0.900 bits per heavy atom. The Morgan fingerprint density at radius 2 is 1.50 bits per heavy atom. The number of carbonyl (C=O) groups is 1. The molecule has 0 saturated carbocycles. The van der Waals surface area contributed by atoms with Gasteiger partial charge >= 0.3 is 6.09 Å². The van der Waals surface area contributed by atoms with Crippen LogP contribution in [-0.2, 0) is 4.74 Å². The Balaban J connectivity index is 3.11. The summed E-state index contributed by atoms with van der Waals surface area (Å²) in [7, 11) is 0. The van der Waals surface area contributed by atoms with Gasteiger partial charge in [0.1, 0.15) is 0 Å². The smallest absolute Gasteiger partial charge is 0.407 e. The van der Waals surface area contributed by atoms with Crippen molar-refractivity contribution in [2.24, 2.45) is 0 Å². The maximum atomic E-state index is 11.3. The van der Waals surface area contributed by atoms with Crippen LogP contribution in [0.3, 0.4) is 0 Å². The van der Waals surface area contributed by atoms with Gasteiger partial charge in [0.05, 0.1) is 6.61 Å². The lowest BCUT2D eigenvalue weighted by molar-refractivity contribution is 0.143. The number of nitrogens with one attached hydrogen (secondary N) is 1. The van der Waals surface area contributed by atoms with Crippen LogP contribution in [0.5, 0.6) is 0 Å². The highest BCUT2D eigenvalue weighted by molar-refractivity contribution is 5.66. The molecular weight excluding hydrogens is 254 g/mol. The molecule has 0 aliphatic heterocycles. The van der Waals surface area contributed by atoms with E-state index >= 15 is 0 Å². The summed E-state index contributed by atoms with van der Waals surface area (Å²) in [6, 6.07) is 0. The molecule has 0 aliphatic rings. The van der Waals surface area contributed by atoms with Crippen molar-refractivity contribution in [1.29, 1.82) is 0 Å². The van der Waals surface area contributed by atoms with Crippen molar-refractivity contribution in [1.82, 2.24) is 5.32 Å². The minimum Gasteiger partial charge on any atom is -0.450 e. The Labute approximate surface area is 124 Å². The molecule has 2 N–H and O–H groups in total. The molecule has 20 heavy (non-hydrogen) atoms. The average molecular weight is 287 g/mol. The molecule has 0 rings (SSSR count). The Morgan fingerprint density at radius 3 is 2.15 bits per heavy atom. The van der Waals surface area contributed by atoms with Crippen molar-refractivity contribution in [2.75, 3.05) is 19.8 Å². The number of alkyl carbamates (subject to hydrolysis) is 1. The summed E-state index contributed by atoms with van der Waals surface area (Å²) in [5, 5.41) is 11.3. The quantitative estimate of drug-likeness (QED) is 0.474. The maximum absolute atomic E-state index is 11.3. The number of amides is 1. The van der Waals surface area contributed by atoms with Crippen LogP contribution in [0.15, 0.2) is 0 Å². The van der Waals surface area contributed by atoms with Gasteiger partial charge in [-0.3, -0.25) is 0 Å². The zero-order chi connectivity index (χ0) is 14.9. The largest absolute Gasteiger partial charge is 0.450 e. The van der Waals surface area contributed by atoms with E-state index in [-0.39, 0.29) is 12.7 Å². The highest BCUT2D eigenvalue weighted by atomic mass is 16.5. The Kier molecular flexibility index (Phi) is 15.7. The average Bonchev–Trinajstić information content (AvgIpc) is 2.45. The third-order valence-electron chi connectivity index (χ3n) is 3.34. The SMILES string of the molecule is CCCCCCCCCCOC(=O)NCCCCCO. The molecule has 0 heterocycles. The van der Waals surface area contributed by atoms with Gasteiger partial charge in [-0.1, -0.05) is 51.9 Å².